The molecule has 2 N–H and O–H groups in total. The van der Waals surface area contributed by atoms with Gasteiger partial charge in [0.1, 0.15) is 5.75 Å². The number of carbonyl (C=O) groups is 1. The second-order valence-corrected chi connectivity index (χ2v) is 9.84. The summed E-state index contributed by atoms with van der Waals surface area (Å²) in [6, 6.07) is 14.8. The molecule has 200 valence electrons. The number of piperidine rings is 1. The summed E-state index contributed by atoms with van der Waals surface area (Å²) >= 11 is 0. The first-order chi connectivity index (χ1) is 18.9. The van der Waals surface area contributed by atoms with Gasteiger partial charge >= 0.3 is 0 Å². The van der Waals surface area contributed by atoms with Crippen molar-refractivity contribution in [3.63, 3.8) is 0 Å². The summed E-state index contributed by atoms with van der Waals surface area (Å²) in [6.07, 6.45) is 5.14. The van der Waals surface area contributed by atoms with E-state index in [-0.39, 0.29) is 11.5 Å². The quantitative estimate of drug-likeness (QED) is 0.336. The number of methoxy groups -OCH3 is 1. The number of nitrogens with one attached hydrogen (secondary N) is 2. The molecule has 4 aromatic rings. The lowest BCUT2D eigenvalue weighted by molar-refractivity contribution is -0.111. The van der Waals surface area contributed by atoms with Crippen molar-refractivity contribution in [3.8, 4) is 11.4 Å². The van der Waals surface area contributed by atoms with Crippen molar-refractivity contribution in [2.75, 3.05) is 37.9 Å². The van der Waals surface area contributed by atoms with E-state index >= 15 is 0 Å². The Kier molecular flexibility index (Phi) is 7.42. The molecular formula is C30H32N6O3. The second kappa shape index (κ2) is 11.1. The van der Waals surface area contributed by atoms with E-state index < -0.39 is 0 Å². The Bertz CT molecular complexity index is 1600. The monoisotopic (exact) mass is 524 g/mol. The predicted molar refractivity (Wildman–Crippen MR) is 154 cm³/mol. The Balaban J connectivity index is 1.51. The fourth-order valence-electron chi connectivity index (χ4n) is 5.01. The number of pyridine rings is 1. The summed E-state index contributed by atoms with van der Waals surface area (Å²) in [4.78, 5) is 36.6. The van der Waals surface area contributed by atoms with Gasteiger partial charge in [0.15, 0.2) is 5.65 Å². The average molecular weight is 525 g/mol. The average Bonchev–Trinajstić information content (AvgIpc) is 2.94. The number of rotatable bonds is 7. The maximum absolute atomic E-state index is 13.2. The Morgan fingerprint density at radius 3 is 2.69 bits per heavy atom. The van der Waals surface area contributed by atoms with Crippen molar-refractivity contribution in [2.24, 2.45) is 0 Å². The van der Waals surface area contributed by atoms with Crippen molar-refractivity contribution in [1.82, 2.24) is 19.4 Å². The number of hydrogen-bond acceptors (Lipinski definition) is 7. The molecule has 1 aliphatic heterocycles. The van der Waals surface area contributed by atoms with Crippen molar-refractivity contribution in [2.45, 2.75) is 25.7 Å². The highest BCUT2D eigenvalue weighted by molar-refractivity contribution is 5.99. The maximum Gasteiger partial charge on any atom is 0.257 e. The van der Waals surface area contributed by atoms with Crippen LogP contribution in [0.1, 0.15) is 29.9 Å². The molecule has 0 radical (unpaired) electrons. The molecule has 9 nitrogen and oxygen atoms in total. The molecule has 0 saturated carbocycles. The molecular weight excluding hydrogens is 492 g/mol. The minimum Gasteiger partial charge on any atom is -0.495 e. The molecule has 3 heterocycles. The van der Waals surface area contributed by atoms with Crippen LogP contribution in [0.2, 0.25) is 0 Å². The van der Waals surface area contributed by atoms with Gasteiger partial charge < -0.3 is 20.3 Å². The molecule has 0 atom stereocenters. The number of nitrogens with zero attached hydrogens (tertiary/aromatic N) is 4. The van der Waals surface area contributed by atoms with Crippen LogP contribution in [0.3, 0.4) is 0 Å². The fourth-order valence-corrected chi connectivity index (χ4v) is 5.01. The molecule has 0 aliphatic carbocycles. The van der Waals surface area contributed by atoms with E-state index in [4.69, 9.17) is 9.72 Å². The smallest absolute Gasteiger partial charge is 0.257 e. The molecule has 5 rings (SSSR count). The van der Waals surface area contributed by atoms with E-state index in [9.17, 15) is 9.59 Å². The molecule has 1 saturated heterocycles. The number of likely N-dealkylation sites (tertiary alicyclic amines) is 1. The number of carbonyl (C=O) groups excluding carboxylic acids is 1. The van der Waals surface area contributed by atoms with E-state index in [1.165, 1.54) is 16.2 Å². The van der Waals surface area contributed by atoms with Gasteiger partial charge in [-0.05, 0) is 93.4 Å². The predicted octanol–water partition coefficient (Wildman–Crippen LogP) is 4.78. The SMILES string of the molecule is C=CC(=O)Nc1cccc(-n2c(=O)cc(C)c3cnc(Nc4ccc(C5CCN(C)CC5)cc4OC)nc32)c1. The van der Waals surface area contributed by atoms with Gasteiger partial charge in [-0.15, -0.1) is 0 Å². The highest BCUT2D eigenvalue weighted by Gasteiger charge is 2.20. The Morgan fingerprint density at radius 2 is 1.95 bits per heavy atom. The van der Waals surface area contributed by atoms with Gasteiger partial charge in [-0.3, -0.25) is 14.2 Å². The lowest BCUT2D eigenvalue weighted by atomic mass is 9.89. The van der Waals surface area contributed by atoms with Gasteiger partial charge in [0.2, 0.25) is 11.9 Å². The van der Waals surface area contributed by atoms with Crippen molar-refractivity contribution in [1.29, 1.82) is 0 Å². The summed E-state index contributed by atoms with van der Waals surface area (Å²) in [5, 5.41) is 6.75. The van der Waals surface area contributed by atoms with Crippen LogP contribution in [0.4, 0.5) is 17.3 Å². The van der Waals surface area contributed by atoms with Gasteiger partial charge in [0, 0.05) is 23.3 Å². The number of fused-ring (bicyclic) bond motifs is 1. The van der Waals surface area contributed by atoms with Gasteiger partial charge in [-0.1, -0.05) is 18.7 Å². The van der Waals surface area contributed by atoms with Crippen LogP contribution in [0.5, 0.6) is 5.75 Å². The summed E-state index contributed by atoms with van der Waals surface area (Å²) < 4.78 is 7.23. The van der Waals surface area contributed by atoms with Crippen LogP contribution in [0, 0.1) is 6.92 Å². The highest BCUT2D eigenvalue weighted by Crippen LogP contribution is 2.34. The molecule has 1 fully saturated rings. The van der Waals surface area contributed by atoms with Crippen LogP contribution < -0.4 is 20.9 Å². The lowest BCUT2D eigenvalue weighted by Crippen LogP contribution is -2.29. The molecule has 0 unspecified atom stereocenters. The van der Waals surface area contributed by atoms with E-state index in [0.29, 0.717) is 34.6 Å². The number of aromatic nitrogens is 3. The van der Waals surface area contributed by atoms with Crippen LogP contribution in [-0.2, 0) is 4.79 Å². The Labute approximate surface area is 227 Å². The third-order valence-corrected chi connectivity index (χ3v) is 7.18. The van der Waals surface area contributed by atoms with Crippen LogP contribution >= 0.6 is 0 Å². The standard InChI is InChI=1S/C30H32N6O3/c1-5-27(37)32-22-7-6-8-23(17-22)36-28(38)15-19(2)24-18-31-30(34-29(24)36)33-25-10-9-21(16-26(25)39-4)20-11-13-35(3)14-12-20/h5-10,15-18,20H,1,11-14H2,2-4H3,(H,32,37)(H,31,33,34). The van der Waals surface area contributed by atoms with Gasteiger partial charge in [0.05, 0.1) is 18.5 Å². The zero-order valence-electron chi connectivity index (χ0n) is 22.4. The fraction of sp³-hybridized carbons (Fsp3) is 0.267. The van der Waals surface area contributed by atoms with Gasteiger partial charge in [0.25, 0.3) is 5.56 Å². The normalized spacial score (nSPS) is 14.2. The molecule has 1 aliphatic rings. The number of aryl methyl sites for hydroxylation is 1. The number of benzene rings is 2. The number of hydrogen-bond donors (Lipinski definition) is 2. The van der Waals surface area contributed by atoms with Crippen molar-refractivity contribution >= 4 is 34.3 Å². The van der Waals surface area contributed by atoms with Gasteiger partial charge in [-0.2, -0.15) is 4.98 Å². The molecule has 0 bridgehead atoms. The first-order valence-electron chi connectivity index (χ1n) is 12.9. The number of ether oxygens (including phenoxy) is 1. The van der Waals surface area contributed by atoms with Crippen molar-refractivity contribution < 1.29 is 9.53 Å². The van der Waals surface area contributed by atoms with Crippen LogP contribution in [0.25, 0.3) is 16.7 Å². The Morgan fingerprint density at radius 1 is 1.15 bits per heavy atom. The summed E-state index contributed by atoms with van der Waals surface area (Å²) in [5.41, 5.74) is 4.09. The molecule has 0 spiro atoms. The first-order valence-corrected chi connectivity index (χ1v) is 12.9. The summed E-state index contributed by atoms with van der Waals surface area (Å²) in [5.74, 6) is 1.22. The van der Waals surface area contributed by atoms with Gasteiger partial charge in [-0.25, -0.2) is 4.98 Å². The third-order valence-electron chi connectivity index (χ3n) is 7.18. The molecule has 39 heavy (non-hydrogen) atoms. The summed E-state index contributed by atoms with van der Waals surface area (Å²) in [6.45, 7) is 7.52. The second-order valence-electron chi connectivity index (χ2n) is 9.84. The van der Waals surface area contributed by atoms with Crippen LogP contribution in [-0.4, -0.2) is 52.6 Å². The van der Waals surface area contributed by atoms with Crippen molar-refractivity contribution in [3.05, 3.63) is 88.9 Å². The number of amides is 1. The molecule has 1 amide bonds. The first kappa shape index (κ1) is 26.1. The minimum atomic E-state index is -0.335. The zero-order valence-corrected chi connectivity index (χ0v) is 22.4. The van der Waals surface area contributed by atoms with E-state index in [2.05, 4.69) is 46.3 Å². The van der Waals surface area contributed by atoms with E-state index in [1.54, 1.807) is 43.6 Å². The van der Waals surface area contributed by atoms with E-state index in [1.807, 2.05) is 13.0 Å². The van der Waals surface area contributed by atoms with Crippen LogP contribution in [0.15, 0.2) is 72.2 Å². The van der Waals surface area contributed by atoms with E-state index in [0.717, 1.165) is 42.6 Å². The minimum absolute atomic E-state index is 0.239. The topological polar surface area (TPSA) is 101 Å². The number of anilines is 3. The largest absolute Gasteiger partial charge is 0.495 e. The highest BCUT2D eigenvalue weighted by atomic mass is 16.5. The zero-order chi connectivity index (χ0) is 27.5. The lowest BCUT2D eigenvalue weighted by Gasteiger charge is -2.29. The Hall–Kier alpha value is -4.50. The molecule has 9 heteroatoms. The third kappa shape index (κ3) is 5.53. The molecule has 2 aromatic heterocycles. The molecule has 2 aromatic carbocycles. The summed E-state index contributed by atoms with van der Waals surface area (Å²) in [7, 11) is 3.81. The maximum atomic E-state index is 13.2.